The van der Waals surface area contributed by atoms with E-state index >= 15 is 0 Å². The number of amides is 1. The van der Waals surface area contributed by atoms with E-state index in [-0.39, 0.29) is 23.8 Å². The zero-order valence-corrected chi connectivity index (χ0v) is 19.2. The minimum Gasteiger partial charge on any atom is -0.469 e. The zero-order chi connectivity index (χ0) is 22.9. The van der Waals surface area contributed by atoms with Gasteiger partial charge in [0.1, 0.15) is 0 Å². The molecule has 0 spiro atoms. The van der Waals surface area contributed by atoms with E-state index in [1.54, 1.807) is 16.7 Å². The summed E-state index contributed by atoms with van der Waals surface area (Å²) in [6.45, 7) is 0.234. The van der Waals surface area contributed by atoms with Gasteiger partial charge in [0.15, 0.2) is 4.80 Å². The Morgan fingerprint density at radius 1 is 1.12 bits per heavy atom. The molecular weight excluding hydrogens is 450 g/mol. The van der Waals surface area contributed by atoms with Crippen molar-refractivity contribution in [2.24, 2.45) is 10.1 Å². The van der Waals surface area contributed by atoms with Crippen LogP contribution < -0.4 is 9.94 Å². The monoisotopic (exact) mass is 473 g/mol. The van der Waals surface area contributed by atoms with Gasteiger partial charge in [0.05, 0.1) is 28.6 Å². The average molecular weight is 474 g/mol. The second kappa shape index (κ2) is 8.97. The van der Waals surface area contributed by atoms with Crippen molar-refractivity contribution in [1.29, 1.82) is 0 Å². The Hall–Kier alpha value is -2.82. The number of sulfonamides is 1. The van der Waals surface area contributed by atoms with Crippen LogP contribution in [0.1, 0.15) is 40.7 Å². The van der Waals surface area contributed by atoms with E-state index in [2.05, 4.69) is 4.99 Å². The predicted molar refractivity (Wildman–Crippen MR) is 121 cm³/mol. The van der Waals surface area contributed by atoms with Crippen molar-refractivity contribution in [3.05, 3.63) is 57.9 Å². The number of aryl methyl sites for hydroxylation is 3. The highest BCUT2D eigenvalue weighted by Crippen LogP contribution is 2.24. The average Bonchev–Trinajstić information content (AvgIpc) is 3.12. The minimum atomic E-state index is -3.88. The predicted octanol–water partition coefficient (Wildman–Crippen LogP) is 2.53. The SMILES string of the molecule is COC(=O)CCn1c(=NC(=O)c2ccc3c(c2)CCCC3)sc2cc(S(N)(=O)=O)ccc21. The third-order valence-electron chi connectivity index (χ3n) is 5.54. The number of nitrogens with two attached hydrogens (primary N) is 1. The second-order valence-electron chi connectivity index (χ2n) is 7.64. The Balaban J connectivity index is 1.79. The lowest BCUT2D eigenvalue weighted by Crippen LogP contribution is -2.19. The molecule has 1 amide bonds. The van der Waals surface area contributed by atoms with Gasteiger partial charge in [-0.2, -0.15) is 4.99 Å². The van der Waals surface area contributed by atoms with Gasteiger partial charge in [-0.25, -0.2) is 13.6 Å². The van der Waals surface area contributed by atoms with Crippen LogP contribution in [0, 0.1) is 0 Å². The van der Waals surface area contributed by atoms with E-state index in [4.69, 9.17) is 9.88 Å². The molecule has 0 unspecified atom stereocenters. The Bertz CT molecular complexity index is 1390. The van der Waals surface area contributed by atoms with E-state index in [0.717, 1.165) is 25.7 Å². The van der Waals surface area contributed by atoms with Crippen LogP contribution >= 0.6 is 11.3 Å². The highest BCUT2D eigenvalue weighted by molar-refractivity contribution is 7.89. The lowest BCUT2D eigenvalue weighted by Gasteiger charge is -2.15. The number of ether oxygens (including phenoxy) is 1. The van der Waals surface area contributed by atoms with Gasteiger partial charge in [0.2, 0.25) is 10.0 Å². The van der Waals surface area contributed by atoms with Crippen molar-refractivity contribution in [3.63, 3.8) is 0 Å². The van der Waals surface area contributed by atoms with Crippen molar-refractivity contribution in [3.8, 4) is 0 Å². The second-order valence-corrected chi connectivity index (χ2v) is 10.2. The molecule has 1 aromatic heterocycles. The van der Waals surface area contributed by atoms with Gasteiger partial charge in [0.25, 0.3) is 5.91 Å². The molecule has 2 aromatic carbocycles. The van der Waals surface area contributed by atoms with Gasteiger partial charge >= 0.3 is 5.97 Å². The molecule has 0 saturated carbocycles. The number of nitrogens with zero attached hydrogens (tertiary/aromatic N) is 2. The van der Waals surface area contributed by atoms with Gasteiger partial charge in [-0.3, -0.25) is 9.59 Å². The summed E-state index contributed by atoms with van der Waals surface area (Å²) in [5, 5.41) is 5.25. The number of thiazole rings is 1. The lowest BCUT2D eigenvalue weighted by atomic mass is 9.90. The maximum Gasteiger partial charge on any atom is 0.307 e. The third-order valence-corrected chi connectivity index (χ3v) is 7.49. The van der Waals surface area contributed by atoms with Crippen LogP contribution in [0.25, 0.3) is 10.2 Å². The van der Waals surface area contributed by atoms with Crippen molar-refractivity contribution in [2.75, 3.05) is 7.11 Å². The van der Waals surface area contributed by atoms with Crippen LogP contribution in [-0.4, -0.2) is 32.0 Å². The molecule has 4 rings (SSSR count). The first-order chi connectivity index (χ1) is 15.3. The Morgan fingerprint density at radius 3 is 2.59 bits per heavy atom. The summed E-state index contributed by atoms with van der Waals surface area (Å²) in [5.74, 6) is -0.784. The molecule has 1 heterocycles. The number of esters is 1. The number of rotatable bonds is 5. The number of benzene rings is 2. The summed E-state index contributed by atoms with van der Waals surface area (Å²) in [6.07, 6.45) is 4.33. The number of fused-ring (bicyclic) bond motifs is 2. The molecule has 0 atom stereocenters. The molecule has 1 aliphatic rings. The molecule has 0 saturated heterocycles. The molecule has 10 heteroatoms. The minimum absolute atomic E-state index is 0.0288. The number of carbonyl (C=O) groups excluding carboxylic acids is 2. The summed E-state index contributed by atoms with van der Waals surface area (Å²) >= 11 is 1.17. The van der Waals surface area contributed by atoms with E-state index in [1.807, 2.05) is 12.1 Å². The van der Waals surface area contributed by atoms with Gasteiger partial charge < -0.3 is 9.30 Å². The van der Waals surface area contributed by atoms with Crippen molar-refractivity contribution in [2.45, 2.75) is 43.5 Å². The topological polar surface area (TPSA) is 121 Å². The molecular formula is C22H23N3O5S2. The first-order valence-corrected chi connectivity index (χ1v) is 12.6. The van der Waals surface area contributed by atoms with Crippen LogP contribution in [0.5, 0.6) is 0 Å². The maximum absolute atomic E-state index is 13.0. The number of aromatic nitrogens is 1. The van der Waals surface area contributed by atoms with Gasteiger partial charge in [0, 0.05) is 12.1 Å². The van der Waals surface area contributed by atoms with Crippen molar-refractivity contribution < 1.29 is 22.7 Å². The van der Waals surface area contributed by atoms with Crippen molar-refractivity contribution in [1.82, 2.24) is 4.57 Å². The quantitative estimate of drug-likeness (QED) is 0.571. The van der Waals surface area contributed by atoms with Crippen LogP contribution in [0.4, 0.5) is 0 Å². The van der Waals surface area contributed by atoms with Gasteiger partial charge in [-0.15, -0.1) is 0 Å². The largest absolute Gasteiger partial charge is 0.469 e. The maximum atomic E-state index is 13.0. The molecule has 0 radical (unpaired) electrons. The molecule has 3 aromatic rings. The van der Waals surface area contributed by atoms with E-state index in [9.17, 15) is 18.0 Å². The summed E-state index contributed by atoms with van der Waals surface area (Å²) in [7, 11) is -2.57. The lowest BCUT2D eigenvalue weighted by molar-refractivity contribution is -0.140. The Morgan fingerprint density at radius 2 is 1.88 bits per heavy atom. The molecule has 0 aliphatic heterocycles. The molecule has 2 N–H and O–H groups in total. The highest BCUT2D eigenvalue weighted by Gasteiger charge is 2.16. The van der Waals surface area contributed by atoms with Crippen LogP contribution in [-0.2, 0) is 38.9 Å². The van der Waals surface area contributed by atoms with E-state index < -0.39 is 16.0 Å². The first kappa shape index (κ1) is 22.4. The first-order valence-electron chi connectivity index (χ1n) is 10.2. The Labute approximate surface area is 189 Å². The fourth-order valence-corrected chi connectivity index (χ4v) is 5.56. The highest BCUT2D eigenvalue weighted by atomic mass is 32.2. The van der Waals surface area contributed by atoms with Gasteiger partial charge in [-0.05, 0) is 67.1 Å². The van der Waals surface area contributed by atoms with Crippen LogP contribution in [0.3, 0.4) is 0 Å². The summed E-state index contributed by atoms with van der Waals surface area (Å²) in [4.78, 5) is 29.3. The molecule has 168 valence electrons. The molecule has 0 fully saturated rings. The number of hydrogen-bond acceptors (Lipinski definition) is 6. The fourth-order valence-electron chi connectivity index (χ4n) is 3.85. The number of carbonyl (C=O) groups is 2. The number of hydrogen-bond donors (Lipinski definition) is 1. The van der Waals surface area contributed by atoms with Crippen LogP contribution in [0.2, 0.25) is 0 Å². The zero-order valence-electron chi connectivity index (χ0n) is 17.5. The fraction of sp³-hybridized carbons (Fsp3) is 0.318. The van der Waals surface area contributed by atoms with E-state index in [0.29, 0.717) is 20.6 Å². The van der Waals surface area contributed by atoms with Crippen LogP contribution in [0.15, 0.2) is 46.3 Å². The number of primary sulfonamides is 1. The normalized spacial score (nSPS) is 14.4. The smallest absolute Gasteiger partial charge is 0.307 e. The third kappa shape index (κ3) is 4.67. The molecule has 32 heavy (non-hydrogen) atoms. The summed E-state index contributed by atoms with van der Waals surface area (Å²) in [5.41, 5.74) is 3.62. The number of methoxy groups -OCH3 is 1. The van der Waals surface area contributed by atoms with Crippen molar-refractivity contribution >= 4 is 43.5 Å². The molecule has 0 bridgehead atoms. The standard InChI is InChI=1S/C22H23N3O5S2/c1-30-20(26)10-11-25-18-9-8-17(32(23,28)29)13-19(18)31-22(25)24-21(27)16-7-6-14-4-2-3-5-15(14)12-16/h6-9,12-13H,2-5,10-11H2,1H3,(H2,23,28,29). The molecule has 1 aliphatic carbocycles. The summed E-state index contributed by atoms with van der Waals surface area (Å²) < 4.78 is 30.5. The van der Waals surface area contributed by atoms with Gasteiger partial charge in [-0.1, -0.05) is 17.4 Å². The van der Waals surface area contributed by atoms with E-state index in [1.165, 1.54) is 41.7 Å². The Kier molecular flexibility index (Phi) is 6.27. The molecule has 8 nitrogen and oxygen atoms in total. The summed E-state index contributed by atoms with van der Waals surface area (Å²) in [6, 6.07) is 10.1.